The minimum Gasteiger partial charge on any atom is -0.314 e. The van der Waals surface area contributed by atoms with Crippen molar-refractivity contribution in [2.75, 3.05) is 6.54 Å². The van der Waals surface area contributed by atoms with Crippen LogP contribution in [0, 0.1) is 12.3 Å². The van der Waals surface area contributed by atoms with E-state index in [4.69, 9.17) is 11.6 Å². The van der Waals surface area contributed by atoms with Gasteiger partial charge >= 0.3 is 0 Å². The summed E-state index contributed by atoms with van der Waals surface area (Å²) in [5, 5.41) is 8.90. The zero-order valence-electron chi connectivity index (χ0n) is 13.2. The molecule has 1 N–H and O–H groups in total. The Balaban J connectivity index is 2.90. The van der Waals surface area contributed by atoms with Crippen molar-refractivity contribution in [3.05, 3.63) is 16.4 Å². The third kappa shape index (κ3) is 4.81. The normalized spacial score (nSPS) is 13.8. The van der Waals surface area contributed by atoms with E-state index in [-0.39, 0.29) is 0 Å². The van der Waals surface area contributed by atoms with Crippen LogP contribution in [0.25, 0.3) is 0 Å². The van der Waals surface area contributed by atoms with E-state index in [1.54, 1.807) is 0 Å². The van der Waals surface area contributed by atoms with Crippen molar-refractivity contribution >= 4 is 11.6 Å². The molecule has 19 heavy (non-hydrogen) atoms. The molecule has 0 aliphatic rings. The second-order valence-corrected chi connectivity index (χ2v) is 6.76. The van der Waals surface area contributed by atoms with Gasteiger partial charge < -0.3 is 5.32 Å². The molecule has 1 unspecified atom stereocenters. The van der Waals surface area contributed by atoms with E-state index in [1.165, 1.54) is 0 Å². The van der Waals surface area contributed by atoms with Crippen molar-refractivity contribution in [3.8, 4) is 0 Å². The summed E-state index contributed by atoms with van der Waals surface area (Å²) in [6.07, 6.45) is 2.07. The van der Waals surface area contributed by atoms with Gasteiger partial charge in [0.25, 0.3) is 0 Å². The van der Waals surface area contributed by atoms with Crippen LogP contribution in [0.3, 0.4) is 0 Å². The molecule has 0 aromatic carbocycles. The van der Waals surface area contributed by atoms with Crippen LogP contribution in [-0.4, -0.2) is 22.4 Å². The molecule has 0 amide bonds. The van der Waals surface area contributed by atoms with Crippen LogP contribution in [-0.2, 0) is 13.0 Å². The van der Waals surface area contributed by atoms with E-state index >= 15 is 0 Å². The lowest BCUT2D eigenvalue weighted by molar-refractivity contribution is 0.306. The molecule has 0 aliphatic heterocycles. The lowest BCUT2D eigenvalue weighted by atomic mass is 9.86. The number of nitrogens with zero attached hydrogens (tertiary/aromatic N) is 2. The predicted molar refractivity (Wildman–Crippen MR) is 82.9 cm³/mol. The Labute approximate surface area is 122 Å². The maximum atomic E-state index is 6.40. The van der Waals surface area contributed by atoms with Crippen LogP contribution >= 0.6 is 11.6 Å². The average Bonchev–Trinajstić information content (AvgIpc) is 2.55. The van der Waals surface area contributed by atoms with Gasteiger partial charge in [-0.05, 0) is 32.2 Å². The SMILES string of the molecule is CCNC(Cc1c(Cl)c(C)nn1CC)CC(C)(C)C. The standard InChI is InChI=1S/C15H28ClN3/c1-7-17-12(10-15(4,5)6)9-13-14(16)11(3)18-19(13)8-2/h12,17H,7-10H2,1-6H3. The van der Waals surface area contributed by atoms with Crippen LogP contribution in [0.15, 0.2) is 0 Å². The van der Waals surface area contributed by atoms with Crippen molar-refractivity contribution in [1.29, 1.82) is 0 Å². The number of halogens is 1. The fourth-order valence-electron chi connectivity index (χ4n) is 2.54. The molecule has 0 aliphatic carbocycles. The Kier molecular flexibility index (Phi) is 5.87. The fraction of sp³-hybridized carbons (Fsp3) is 0.800. The molecule has 3 nitrogen and oxygen atoms in total. The zero-order chi connectivity index (χ0) is 14.6. The number of aryl methyl sites for hydroxylation is 2. The van der Waals surface area contributed by atoms with Gasteiger partial charge in [-0.2, -0.15) is 5.10 Å². The smallest absolute Gasteiger partial charge is 0.0847 e. The lowest BCUT2D eigenvalue weighted by Gasteiger charge is -2.27. The molecule has 0 bridgehead atoms. The molecule has 0 spiro atoms. The number of rotatable bonds is 6. The van der Waals surface area contributed by atoms with Gasteiger partial charge in [0.1, 0.15) is 0 Å². The predicted octanol–water partition coefficient (Wildman–Crippen LogP) is 3.82. The third-order valence-electron chi connectivity index (χ3n) is 3.24. The second-order valence-electron chi connectivity index (χ2n) is 6.39. The molecule has 1 atom stereocenters. The largest absolute Gasteiger partial charge is 0.314 e. The monoisotopic (exact) mass is 285 g/mol. The summed E-state index contributed by atoms with van der Waals surface area (Å²) in [6, 6.07) is 0.448. The Bertz CT molecular complexity index is 404. The molecule has 0 fully saturated rings. The highest BCUT2D eigenvalue weighted by atomic mass is 35.5. The van der Waals surface area contributed by atoms with Gasteiger partial charge in [0.2, 0.25) is 0 Å². The van der Waals surface area contributed by atoms with E-state index < -0.39 is 0 Å². The van der Waals surface area contributed by atoms with Crippen molar-refractivity contribution in [2.45, 2.75) is 67.0 Å². The molecule has 0 saturated carbocycles. The van der Waals surface area contributed by atoms with Gasteiger partial charge in [-0.1, -0.05) is 39.3 Å². The van der Waals surface area contributed by atoms with Gasteiger partial charge in [0, 0.05) is 19.0 Å². The highest BCUT2D eigenvalue weighted by Gasteiger charge is 2.22. The first kappa shape index (κ1) is 16.5. The van der Waals surface area contributed by atoms with E-state index in [0.29, 0.717) is 11.5 Å². The topological polar surface area (TPSA) is 29.9 Å². The Morgan fingerprint density at radius 1 is 1.32 bits per heavy atom. The van der Waals surface area contributed by atoms with E-state index in [2.05, 4.69) is 45.0 Å². The lowest BCUT2D eigenvalue weighted by Crippen LogP contribution is -2.35. The van der Waals surface area contributed by atoms with Gasteiger partial charge in [0.05, 0.1) is 16.4 Å². The number of nitrogens with one attached hydrogen (secondary N) is 1. The minimum absolute atomic E-state index is 0.311. The highest BCUT2D eigenvalue weighted by Crippen LogP contribution is 2.26. The maximum absolute atomic E-state index is 6.40. The van der Waals surface area contributed by atoms with Gasteiger partial charge in [0.15, 0.2) is 0 Å². The summed E-state index contributed by atoms with van der Waals surface area (Å²) in [6.45, 7) is 14.9. The second kappa shape index (κ2) is 6.76. The van der Waals surface area contributed by atoms with Crippen LogP contribution in [0.4, 0.5) is 0 Å². The summed E-state index contributed by atoms with van der Waals surface area (Å²) in [5.74, 6) is 0. The van der Waals surface area contributed by atoms with Gasteiger partial charge in [-0.15, -0.1) is 0 Å². The van der Waals surface area contributed by atoms with Crippen LogP contribution in [0.5, 0.6) is 0 Å². The number of hydrogen-bond acceptors (Lipinski definition) is 2. The highest BCUT2D eigenvalue weighted by molar-refractivity contribution is 6.31. The number of likely N-dealkylation sites (N-methyl/N-ethyl adjacent to an activating group) is 1. The number of aromatic nitrogens is 2. The first-order valence-electron chi connectivity index (χ1n) is 7.23. The van der Waals surface area contributed by atoms with Crippen molar-refractivity contribution in [2.24, 2.45) is 5.41 Å². The molecule has 4 heteroatoms. The average molecular weight is 286 g/mol. The maximum Gasteiger partial charge on any atom is 0.0847 e. The summed E-state index contributed by atoms with van der Waals surface area (Å²) in [5.41, 5.74) is 2.41. The quantitative estimate of drug-likeness (QED) is 0.861. The van der Waals surface area contributed by atoms with Crippen LogP contribution in [0.2, 0.25) is 5.02 Å². The zero-order valence-corrected chi connectivity index (χ0v) is 13.9. The molecule has 1 heterocycles. The molecule has 0 radical (unpaired) electrons. The molecule has 1 aromatic heterocycles. The van der Waals surface area contributed by atoms with Crippen molar-refractivity contribution in [3.63, 3.8) is 0 Å². The van der Waals surface area contributed by atoms with Crippen LogP contribution in [0.1, 0.15) is 52.4 Å². The summed E-state index contributed by atoms with van der Waals surface area (Å²) in [7, 11) is 0. The first-order chi connectivity index (χ1) is 8.78. The van der Waals surface area contributed by atoms with Gasteiger partial charge in [-0.25, -0.2) is 0 Å². The molecule has 110 valence electrons. The Morgan fingerprint density at radius 3 is 2.42 bits per heavy atom. The molecule has 1 aromatic rings. The molecular formula is C15H28ClN3. The van der Waals surface area contributed by atoms with Crippen molar-refractivity contribution < 1.29 is 0 Å². The van der Waals surface area contributed by atoms with E-state index in [1.807, 2.05) is 11.6 Å². The van der Waals surface area contributed by atoms with Crippen molar-refractivity contribution in [1.82, 2.24) is 15.1 Å². The van der Waals surface area contributed by atoms with E-state index in [0.717, 1.165) is 42.3 Å². The molecular weight excluding hydrogens is 258 g/mol. The fourth-order valence-corrected chi connectivity index (χ4v) is 2.75. The summed E-state index contributed by atoms with van der Waals surface area (Å²) >= 11 is 6.40. The summed E-state index contributed by atoms with van der Waals surface area (Å²) in [4.78, 5) is 0. The Hall–Kier alpha value is -0.540. The minimum atomic E-state index is 0.311. The van der Waals surface area contributed by atoms with E-state index in [9.17, 15) is 0 Å². The number of hydrogen-bond donors (Lipinski definition) is 1. The van der Waals surface area contributed by atoms with Crippen LogP contribution < -0.4 is 5.32 Å². The van der Waals surface area contributed by atoms with Gasteiger partial charge in [-0.3, -0.25) is 4.68 Å². The Morgan fingerprint density at radius 2 is 1.95 bits per heavy atom. The third-order valence-corrected chi connectivity index (χ3v) is 3.74. The summed E-state index contributed by atoms with van der Waals surface area (Å²) < 4.78 is 2.03. The molecule has 1 rings (SSSR count). The first-order valence-corrected chi connectivity index (χ1v) is 7.61. The molecule has 0 saturated heterocycles.